The van der Waals surface area contributed by atoms with Crippen molar-refractivity contribution in [1.82, 2.24) is 9.88 Å². The molecule has 142 valence electrons. The summed E-state index contributed by atoms with van der Waals surface area (Å²) >= 11 is 0. The molecule has 2 aromatic carbocycles. The molecule has 2 heterocycles. The minimum Gasteiger partial charge on any atom is -0.457 e. The predicted molar refractivity (Wildman–Crippen MR) is 114 cm³/mol. The first-order valence-corrected chi connectivity index (χ1v) is 9.47. The van der Waals surface area contributed by atoms with E-state index in [1.54, 1.807) is 0 Å². The predicted octanol–water partition coefficient (Wildman–Crippen LogP) is 5.38. The highest BCUT2D eigenvalue weighted by Crippen LogP contribution is 2.34. The summed E-state index contributed by atoms with van der Waals surface area (Å²) in [5.74, 6) is 1.65. The first-order valence-electron chi connectivity index (χ1n) is 9.47. The molecule has 4 rings (SSSR count). The molecule has 28 heavy (non-hydrogen) atoms. The average molecular weight is 371 g/mol. The smallest absolute Gasteiger partial charge is 0.129 e. The highest BCUT2D eigenvalue weighted by Gasteiger charge is 2.24. The summed E-state index contributed by atoms with van der Waals surface area (Å²) in [6, 6.07) is 22.5. The SMILES string of the molecule is CN1C=CN(c2cccc(Oc3cccc(C(C)(C)c4ccccn4)c3)c2)C1. The summed E-state index contributed by atoms with van der Waals surface area (Å²) in [7, 11) is 2.06. The van der Waals surface area contributed by atoms with Gasteiger partial charge in [0.05, 0.1) is 12.4 Å². The fraction of sp³-hybridized carbons (Fsp3) is 0.208. The number of hydrogen-bond acceptors (Lipinski definition) is 4. The molecule has 4 nitrogen and oxygen atoms in total. The largest absolute Gasteiger partial charge is 0.457 e. The van der Waals surface area contributed by atoms with Crippen LogP contribution in [0.2, 0.25) is 0 Å². The van der Waals surface area contributed by atoms with Gasteiger partial charge >= 0.3 is 0 Å². The first-order chi connectivity index (χ1) is 13.5. The molecule has 0 bridgehead atoms. The van der Waals surface area contributed by atoms with Crippen molar-refractivity contribution in [1.29, 1.82) is 0 Å². The average Bonchev–Trinajstić information content (AvgIpc) is 3.15. The van der Waals surface area contributed by atoms with Crippen LogP contribution in [0.3, 0.4) is 0 Å². The van der Waals surface area contributed by atoms with Crippen LogP contribution < -0.4 is 9.64 Å². The van der Waals surface area contributed by atoms with Crippen molar-refractivity contribution in [2.24, 2.45) is 0 Å². The number of anilines is 1. The lowest BCUT2D eigenvalue weighted by molar-refractivity contribution is 0.478. The van der Waals surface area contributed by atoms with Crippen molar-refractivity contribution < 1.29 is 4.74 Å². The van der Waals surface area contributed by atoms with Crippen molar-refractivity contribution in [3.05, 3.63) is 96.6 Å². The molecule has 1 aliphatic rings. The monoisotopic (exact) mass is 371 g/mol. The van der Waals surface area contributed by atoms with Gasteiger partial charge in [0.15, 0.2) is 0 Å². The second-order valence-corrected chi connectivity index (χ2v) is 7.63. The van der Waals surface area contributed by atoms with E-state index in [1.807, 2.05) is 42.6 Å². The van der Waals surface area contributed by atoms with Crippen molar-refractivity contribution in [2.45, 2.75) is 19.3 Å². The van der Waals surface area contributed by atoms with E-state index < -0.39 is 0 Å². The number of nitrogens with zero attached hydrogens (tertiary/aromatic N) is 3. The number of hydrogen-bond donors (Lipinski definition) is 0. The minimum atomic E-state index is -0.201. The van der Waals surface area contributed by atoms with Gasteiger partial charge in [-0.3, -0.25) is 4.98 Å². The van der Waals surface area contributed by atoms with Gasteiger partial charge in [-0.25, -0.2) is 0 Å². The Balaban J connectivity index is 1.57. The van der Waals surface area contributed by atoms with Gasteiger partial charge in [-0.2, -0.15) is 0 Å². The van der Waals surface area contributed by atoms with Crippen LogP contribution >= 0.6 is 0 Å². The Kier molecular flexibility index (Phi) is 4.78. The molecule has 0 amide bonds. The first kappa shape index (κ1) is 18.1. The number of aromatic nitrogens is 1. The summed E-state index contributed by atoms with van der Waals surface area (Å²) in [6.07, 6.45) is 5.99. The topological polar surface area (TPSA) is 28.6 Å². The van der Waals surface area contributed by atoms with E-state index in [9.17, 15) is 0 Å². The lowest BCUT2D eigenvalue weighted by atomic mass is 9.81. The molecule has 0 atom stereocenters. The quantitative estimate of drug-likeness (QED) is 0.602. The Morgan fingerprint density at radius 2 is 1.68 bits per heavy atom. The van der Waals surface area contributed by atoms with E-state index in [2.05, 4.69) is 78.4 Å². The van der Waals surface area contributed by atoms with Gasteiger partial charge in [0.25, 0.3) is 0 Å². The number of rotatable bonds is 5. The van der Waals surface area contributed by atoms with Crippen LogP contribution in [0.25, 0.3) is 0 Å². The third kappa shape index (κ3) is 3.72. The van der Waals surface area contributed by atoms with Gasteiger partial charge in [-0.1, -0.05) is 38.1 Å². The van der Waals surface area contributed by atoms with Crippen molar-refractivity contribution >= 4 is 5.69 Å². The van der Waals surface area contributed by atoms with Crippen LogP contribution in [0, 0.1) is 0 Å². The van der Waals surface area contributed by atoms with Crippen molar-refractivity contribution in [3.8, 4) is 11.5 Å². The molecule has 3 aromatic rings. The molecule has 0 radical (unpaired) electrons. The van der Waals surface area contributed by atoms with Crippen LogP contribution in [0.1, 0.15) is 25.1 Å². The fourth-order valence-electron chi connectivity index (χ4n) is 3.39. The zero-order chi connectivity index (χ0) is 19.6. The van der Waals surface area contributed by atoms with Gasteiger partial charge in [0.2, 0.25) is 0 Å². The molecule has 1 aliphatic heterocycles. The number of pyridine rings is 1. The Morgan fingerprint density at radius 1 is 0.893 bits per heavy atom. The van der Waals surface area contributed by atoms with Gasteiger partial charge in [0, 0.05) is 42.8 Å². The van der Waals surface area contributed by atoms with E-state index in [-0.39, 0.29) is 5.41 Å². The Labute approximate surface area is 166 Å². The van der Waals surface area contributed by atoms with E-state index in [4.69, 9.17) is 4.74 Å². The second-order valence-electron chi connectivity index (χ2n) is 7.63. The molecular formula is C24H25N3O. The van der Waals surface area contributed by atoms with Gasteiger partial charge in [-0.05, 0) is 42.0 Å². The molecular weight excluding hydrogens is 346 g/mol. The van der Waals surface area contributed by atoms with Crippen LogP contribution in [0.4, 0.5) is 5.69 Å². The minimum absolute atomic E-state index is 0.201. The molecule has 0 saturated heterocycles. The Hall–Kier alpha value is -3.27. The zero-order valence-corrected chi connectivity index (χ0v) is 16.5. The van der Waals surface area contributed by atoms with Gasteiger partial charge in [-0.15, -0.1) is 0 Å². The lowest BCUT2D eigenvalue weighted by Crippen LogP contribution is -2.21. The van der Waals surface area contributed by atoms with Crippen molar-refractivity contribution in [2.75, 3.05) is 18.6 Å². The summed E-state index contributed by atoms with van der Waals surface area (Å²) in [5, 5.41) is 0. The molecule has 4 heteroatoms. The van der Waals surface area contributed by atoms with Crippen LogP contribution in [0.5, 0.6) is 11.5 Å². The third-order valence-electron chi connectivity index (χ3n) is 5.12. The molecule has 0 saturated carbocycles. The molecule has 0 fully saturated rings. The van der Waals surface area contributed by atoms with E-state index in [0.717, 1.165) is 29.5 Å². The maximum atomic E-state index is 6.19. The lowest BCUT2D eigenvalue weighted by Gasteiger charge is -2.25. The Bertz CT molecular complexity index is 982. The Morgan fingerprint density at radius 3 is 2.39 bits per heavy atom. The van der Waals surface area contributed by atoms with Gasteiger partial charge in [0.1, 0.15) is 11.5 Å². The number of benzene rings is 2. The summed E-state index contributed by atoms with van der Waals surface area (Å²) in [4.78, 5) is 8.87. The molecule has 0 aliphatic carbocycles. The maximum absolute atomic E-state index is 6.19. The summed E-state index contributed by atoms with van der Waals surface area (Å²) < 4.78 is 6.19. The van der Waals surface area contributed by atoms with E-state index in [1.165, 1.54) is 5.56 Å². The fourth-order valence-corrected chi connectivity index (χ4v) is 3.39. The number of ether oxygens (including phenoxy) is 1. The van der Waals surface area contributed by atoms with Crippen LogP contribution in [-0.4, -0.2) is 23.6 Å². The van der Waals surface area contributed by atoms with Crippen molar-refractivity contribution in [3.63, 3.8) is 0 Å². The van der Waals surface area contributed by atoms with Gasteiger partial charge < -0.3 is 14.5 Å². The highest BCUT2D eigenvalue weighted by atomic mass is 16.5. The maximum Gasteiger partial charge on any atom is 0.129 e. The normalized spacial score (nSPS) is 13.8. The summed E-state index contributed by atoms with van der Waals surface area (Å²) in [6.45, 7) is 5.22. The zero-order valence-electron chi connectivity index (χ0n) is 16.5. The van der Waals surface area contributed by atoms with E-state index >= 15 is 0 Å². The third-order valence-corrected chi connectivity index (χ3v) is 5.12. The van der Waals surface area contributed by atoms with Crippen LogP contribution in [-0.2, 0) is 5.41 Å². The molecule has 0 unspecified atom stereocenters. The van der Waals surface area contributed by atoms with Crippen LogP contribution in [0.15, 0.2) is 85.3 Å². The standard InChI is InChI=1S/C24H25N3O/c1-24(2,23-12-4-5-13-25-23)19-8-6-10-21(16-19)28-22-11-7-9-20(17-22)27-15-14-26(3)18-27/h4-17H,18H2,1-3H3. The molecule has 0 N–H and O–H groups in total. The second kappa shape index (κ2) is 7.39. The summed E-state index contributed by atoms with van der Waals surface area (Å²) in [5.41, 5.74) is 3.12. The highest BCUT2D eigenvalue weighted by molar-refractivity contribution is 5.54. The molecule has 1 aromatic heterocycles. The molecule has 0 spiro atoms. The van der Waals surface area contributed by atoms with E-state index in [0.29, 0.717) is 0 Å².